The summed E-state index contributed by atoms with van der Waals surface area (Å²) in [6, 6.07) is 13.9. The number of nitrogens with zero attached hydrogens (tertiary/aromatic N) is 2. The summed E-state index contributed by atoms with van der Waals surface area (Å²) in [5.41, 5.74) is 1.07. The Morgan fingerprint density at radius 1 is 1.04 bits per heavy atom. The van der Waals surface area contributed by atoms with Crippen LogP contribution >= 0.6 is 12.4 Å². The zero-order valence-corrected chi connectivity index (χ0v) is 16.8. The number of carbonyl (C=O) groups excluding carboxylic acids is 1. The van der Waals surface area contributed by atoms with Gasteiger partial charge < -0.3 is 19.3 Å². The van der Waals surface area contributed by atoms with E-state index in [0.29, 0.717) is 18.8 Å². The molecule has 0 radical (unpaired) electrons. The van der Waals surface area contributed by atoms with Crippen molar-refractivity contribution in [1.29, 1.82) is 0 Å². The van der Waals surface area contributed by atoms with E-state index < -0.39 is 6.09 Å². The molecule has 1 atom stereocenters. The molecule has 0 saturated heterocycles. The van der Waals surface area contributed by atoms with Gasteiger partial charge in [-0.25, -0.2) is 9.18 Å². The first-order valence-electron chi connectivity index (χ1n) is 8.41. The Bertz CT molecular complexity index is 723. The Balaban J connectivity index is 0.00000364. The van der Waals surface area contributed by atoms with E-state index in [1.165, 1.54) is 11.0 Å². The second kappa shape index (κ2) is 10.7. The molecule has 0 fully saturated rings. The molecule has 7 heteroatoms. The maximum Gasteiger partial charge on any atom is 0.414 e. The van der Waals surface area contributed by atoms with Crippen molar-refractivity contribution in [1.82, 2.24) is 9.80 Å². The predicted octanol–water partition coefficient (Wildman–Crippen LogP) is 4.38. The van der Waals surface area contributed by atoms with Crippen LogP contribution in [0.1, 0.15) is 18.0 Å². The van der Waals surface area contributed by atoms with E-state index >= 15 is 0 Å². The van der Waals surface area contributed by atoms with Gasteiger partial charge in [-0.3, -0.25) is 0 Å². The standard InChI is InChI=1S/C20H25FN2O3.ClH/c1-22(2)18(13-14-25-19-8-6-5-7-17(19)21)15-9-11-16(12-10-15)26-20(24)23(3)4;/h5-12,18H,13-14H2,1-4H3;1H. The van der Waals surface area contributed by atoms with Crippen LogP contribution < -0.4 is 9.47 Å². The molecular weight excluding hydrogens is 371 g/mol. The molecule has 0 bridgehead atoms. The van der Waals surface area contributed by atoms with Crippen LogP contribution in [0.2, 0.25) is 0 Å². The lowest BCUT2D eigenvalue weighted by Gasteiger charge is -2.25. The number of rotatable bonds is 7. The molecule has 0 aromatic heterocycles. The topological polar surface area (TPSA) is 42.0 Å². The molecular formula is C20H26ClFN2O3. The fourth-order valence-corrected chi connectivity index (χ4v) is 2.52. The van der Waals surface area contributed by atoms with E-state index in [1.54, 1.807) is 44.4 Å². The highest BCUT2D eigenvalue weighted by atomic mass is 35.5. The van der Waals surface area contributed by atoms with Gasteiger partial charge in [0, 0.05) is 26.6 Å². The fourth-order valence-electron chi connectivity index (χ4n) is 2.52. The highest BCUT2D eigenvalue weighted by molar-refractivity contribution is 5.85. The quantitative estimate of drug-likeness (QED) is 0.696. The van der Waals surface area contributed by atoms with Crippen molar-refractivity contribution in [2.75, 3.05) is 34.8 Å². The van der Waals surface area contributed by atoms with Gasteiger partial charge in [0.1, 0.15) is 5.75 Å². The van der Waals surface area contributed by atoms with E-state index in [2.05, 4.69) is 4.90 Å². The van der Waals surface area contributed by atoms with Crippen LogP contribution in [-0.4, -0.2) is 50.7 Å². The van der Waals surface area contributed by atoms with Gasteiger partial charge >= 0.3 is 6.09 Å². The van der Waals surface area contributed by atoms with Crippen LogP contribution in [0.3, 0.4) is 0 Å². The molecule has 2 rings (SSSR count). The molecule has 148 valence electrons. The van der Waals surface area contributed by atoms with Crippen molar-refractivity contribution in [3.05, 3.63) is 59.9 Å². The van der Waals surface area contributed by atoms with Crippen LogP contribution in [0, 0.1) is 5.82 Å². The third kappa shape index (κ3) is 6.73. The summed E-state index contributed by atoms with van der Waals surface area (Å²) < 4.78 is 24.4. The Labute approximate surface area is 166 Å². The Kier molecular flexibility index (Phi) is 9.05. The molecule has 2 aromatic carbocycles. The number of benzene rings is 2. The summed E-state index contributed by atoms with van der Waals surface area (Å²) in [6.07, 6.45) is 0.276. The number of carbonyl (C=O) groups is 1. The van der Waals surface area contributed by atoms with Gasteiger partial charge in [0.2, 0.25) is 0 Å². The average molecular weight is 397 g/mol. The molecule has 0 aliphatic carbocycles. The van der Waals surface area contributed by atoms with E-state index in [4.69, 9.17) is 9.47 Å². The smallest absolute Gasteiger partial charge is 0.414 e. The molecule has 5 nitrogen and oxygen atoms in total. The van der Waals surface area contributed by atoms with E-state index in [9.17, 15) is 9.18 Å². The van der Waals surface area contributed by atoms with Crippen LogP contribution in [-0.2, 0) is 0 Å². The fraction of sp³-hybridized carbons (Fsp3) is 0.350. The van der Waals surface area contributed by atoms with Crippen LogP contribution in [0.5, 0.6) is 11.5 Å². The number of hydrogen-bond donors (Lipinski definition) is 0. The summed E-state index contributed by atoms with van der Waals surface area (Å²) >= 11 is 0. The van der Waals surface area contributed by atoms with Gasteiger partial charge in [-0.1, -0.05) is 24.3 Å². The maximum atomic E-state index is 13.6. The SMILES string of the molecule is CN(C)C(=O)Oc1ccc(C(CCOc2ccccc2F)N(C)C)cc1.Cl. The minimum atomic E-state index is -0.416. The number of halogens is 2. The van der Waals surface area contributed by atoms with E-state index in [-0.39, 0.29) is 30.0 Å². The lowest BCUT2D eigenvalue weighted by atomic mass is 10.0. The number of hydrogen-bond acceptors (Lipinski definition) is 4. The number of ether oxygens (including phenoxy) is 2. The van der Waals surface area contributed by atoms with Gasteiger partial charge in [-0.15, -0.1) is 12.4 Å². The van der Waals surface area contributed by atoms with Gasteiger partial charge in [0.15, 0.2) is 11.6 Å². The van der Waals surface area contributed by atoms with Gasteiger partial charge in [0.25, 0.3) is 0 Å². The molecule has 0 aliphatic heterocycles. The summed E-state index contributed by atoms with van der Waals surface area (Å²) in [6.45, 7) is 0.390. The second-order valence-electron chi connectivity index (χ2n) is 6.38. The summed E-state index contributed by atoms with van der Waals surface area (Å²) in [4.78, 5) is 15.0. The van der Waals surface area contributed by atoms with E-state index in [0.717, 1.165) is 5.56 Å². The summed E-state index contributed by atoms with van der Waals surface area (Å²) in [7, 11) is 7.23. The first-order chi connectivity index (χ1) is 12.4. The minimum Gasteiger partial charge on any atom is -0.490 e. The first-order valence-corrected chi connectivity index (χ1v) is 8.41. The Morgan fingerprint density at radius 3 is 2.22 bits per heavy atom. The van der Waals surface area contributed by atoms with E-state index in [1.807, 2.05) is 26.2 Å². The lowest BCUT2D eigenvalue weighted by Crippen LogP contribution is -2.25. The highest BCUT2D eigenvalue weighted by Gasteiger charge is 2.15. The third-order valence-electron chi connectivity index (χ3n) is 3.94. The molecule has 1 unspecified atom stereocenters. The van der Waals surface area contributed by atoms with Crippen LogP contribution in [0.25, 0.3) is 0 Å². The van der Waals surface area contributed by atoms with Crippen LogP contribution in [0.4, 0.5) is 9.18 Å². The maximum absolute atomic E-state index is 13.6. The summed E-state index contributed by atoms with van der Waals surface area (Å²) in [5.74, 6) is 0.393. The zero-order chi connectivity index (χ0) is 19.1. The normalized spacial score (nSPS) is 11.5. The van der Waals surface area contributed by atoms with Crippen molar-refractivity contribution >= 4 is 18.5 Å². The van der Waals surface area contributed by atoms with Gasteiger partial charge in [0.05, 0.1) is 6.61 Å². The molecule has 1 amide bonds. The monoisotopic (exact) mass is 396 g/mol. The third-order valence-corrected chi connectivity index (χ3v) is 3.94. The minimum absolute atomic E-state index is 0. The van der Waals surface area contributed by atoms with Crippen molar-refractivity contribution in [3.63, 3.8) is 0 Å². The van der Waals surface area contributed by atoms with Crippen molar-refractivity contribution in [3.8, 4) is 11.5 Å². The molecule has 27 heavy (non-hydrogen) atoms. The Hall–Kier alpha value is -2.31. The number of amides is 1. The van der Waals surface area contributed by atoms with Gasteiger partial charge in [-0.05, 0) is 43.9 Å². The molecule has 0 spiro atoms. The van der Waals surface area contributed by atoms with Gasteiger partial charge in [-0.2, -0.15) is 0 Å². The predicted molar refractivity (Wildman–Crippen MR) is 106 cm³/mol. The molecule has 2 aromatic rings. The van der Waals surface area contributed by atoms with Crippen molar-refractivity contribution in [2.24, 2.45) is 0 Å². The largest absolute Gasteiger partial charge is 0.490 e. The molecule has 0 aliphatic rings. The molecule has 0 saturated carbocycles. The highest BCUT2D eigenvalue weighted by Crippen LogP contribution is 2.25. The Morgan fingerprint density at radius 2 is 1.67 bits per heavy atom. The average Bonchev–Trinajstić information content (AvgIpc) is 2.60. The molecule has 0 N–H and O–H groups in total. The summed E-state index contributed by atoms with van der Waals surface area (Å²) in [5, 5.41) is 0. The second-order valence-corrected chi connectivity index (χ2v) is 6.38. The first kappa shape index (κ1) is 22.7. The zero-order valence-electron chi connectivity index (χ0n) is 16.0. The lowest BCUT2D eigenvalue weighted by molar-refractivity contribution is 0.172. The number of para-hydroxylation sites is 1. The van der Waals surface area contributed by atoms with Crippen LogP contribution in [0.15, 0.2) is 48.5 Å². The van der Waals surface area contributed by atoms with Crippen molar-refractivity contribution < 1.29 is 18.7 Å². The molecule has 0 heterocycles. The van der Waals surface area contributed by atoms with Crippen molar-refractivity contribution in [2.45, 2.75) is 12.5 Å².